The molecule has 3 aromatic rings. The van der Waals surface area contributed by atoms with Crippen molar-refractivity contribution in [2.24, 2.45) is 5.92 Å². The molecule has 3 aliphatic rings. The van der Waals surface area contributed by atoms with Crippen molar-refractivity contribution in [3.05, 3.63) is 76.9 Å². The van der Waals surface area contributed by atoms with Gasteiger partial charge in [0.05, 0.1) is 40.6 Å². The van der Waals surface area contributed by atoms with Crippen molar-refractivity contribution >= 4 is 40.9 Å². The van der Waals surface area contributed by atoms with Crippen LogP contribution in [0.4, 0.5) is 24.5 Å². The number of imide groups is 2. The van der Waals surface area contributed by atoms with E-state index in [1.165, 1.54) is 23.0 Å². The zero-order valence-electron chi connectivity index (χ0n) is 25.5. The van der Waals surface area contributed by atoms with E-state index in [0.717, 1.165) is 17.0 Å². The maximum atomic E-state index is 13.4. The fourth-order valence-electron chi connectivity index (χ4n) is 5.66. The van der Waals surface area contributed by atoms with Gasteiger partial charge in [-0.15, -0.1) is 0 Å². The lowest BCUT2D eigenvalue weighted by atomic mass is 9.98. The summed E-state index contributed by atoms with van der Waals surface area (Å²) in [5.41, 5.74) is -1.60. The topological polar surface area (TPSA) is 158 Å². The van der Waals surface area contributed by atoms with Gasteiger partial charge in [0, 0.05) is 37.1 Å². The fourth-order valence-corrected chi connectivity index (χ4v) is 5.66. The Morgan fingerprint density at radius 2 is 1.77 bits per heavy atom. The zero-order chi connectivity index (χ0) is 34.5. The highest BCUT2D eigenvalue weighted by Gasteiger charge is 2.45. The smallest absolute Gasteiger partial charge is 0.369 e. The summed E-state index contributed by atoms with van der Waals surface area (Å²) in [4.78, 5) is 70.1. The van der Waals surface area contributed by atoms with Gasteiger partial charge in [-0.1, -0.05) is 5.92 Å². The van der Waals surface area contributed by atoms with Crippen LogP contribution in [-0.2, 0) is 26.1 Å². The predicted molar refractivity (Wildman–Crippen MR) is 162 cm³/mol. The van der Waals surface area contributed by atoms with Crippen LogP contribution in [0, 0.1) is 29.1 Å². The molecular weight excluding hydrogens is 631 g/mol. The second-order valence-corrected chi connectivity index (χ2v) is 12.1. The van der Waals surface area contributed by atoms with Gasteiger partial charge in [0.25, 0.3) is 11.8 Å². The number of carbonyl (C=O) groups is 5. The van der Waals surface area contributed by atoms with E-state index in [9.17, 15) is 37.1 Å². The molecule has 0 saturated carbocycles. The minimum absolute atomic E-state index is 0.0353. The van der Waals surface area contributed by atoms with E-state index < -0.39 is 58.4 Å². The molecule has 2 aromatic carbocycles. The van der Waals surface area contributed by atoms with Crippen LogP contribution in [0.2, 0.25) is 0 Å². The molecule has 2 saturated heterocycles. The number of aromatic nitrogens is 2. The maximum absolute atomic E-state index is 13.4. The van der Waals surface area contributed by atoms with Crippen LogP contribution in [0.1, 0.15) is 64.2 Å². The monoisotopic (exact) mass is 657 g/mol. The second-order valence-electron chi connectivity index (χ2n) is 12.1. The Bertz CT molecular complexity index is 2010. The number of amides is 5. The van der Waals surface area contributed by atoms with Crippen LogP contribution < -0.4 is 15.5 Å². The van der Waals surface area contributed by atoms with E-state index in [-0.39, 0.29) is 35.6 Å². The van der Waals surface area contributed by atoms with Gasteiger partial charge in [0.1, 0.15) is 17.3 Å². The standard InChI is InChI=1S/C33H26F3N7O5/c1-32(2,31(48)39-20-6-4-19(13-37)25(11-20)33(34,35)36)42-16-21(38-17-42)5-3-18-14-41(15-18)22-7-8-23-24(12-22)30(47)43(29(23)46)26-9-10-27(44)40-28(26)45/h4,6-8,11-12,16-18,26H,9-10,14-15H2,1-2H3,(H,39,48)(H,40,44,45). The van der Waals surface area contributed by atoms with Crippen molar-refractivity contribution in [3.63, 3.8) is 0 Å². The summed E-state index contributed by atoms with van der Waals surface area (Å²) in [7, 11) is 0. The summed E-state index contributed by atoms with van der Waals surface area (Å²) in [5.74, 6) is 3.17. The van der Waals surface area contributed by atoms with Crippen molar-refractivity contribution in [1.29, 1.82) is 5.26 Å². The van der Waals surface area contributed by atoms with Crippen molar-refractivity contribution in [1.82, 2.24) is 19.8 Å². The number of hydrogen-bond acceptors (Lipinski definition) is 8. The Balaban J connectivity index is 1.08. The first kappa shape index (κ1) is 32.0. The van der Waals surface area contributed by atoms with Gasteiger partial charge in [-0.3, -0.25) is 34.2 Å². The maximum Gasteiger partial charge on any atom is 0.417 e. The fraction of sp³-hybridized carbons (Fsp3) is 0.303. The Kier molecular flexibility index (Phi) is 7.79. The van der Waals surface area contributed by atoms with Gasteiger partial charge in [0.15, 0.2) is 0 Å². The minimum atomic E-state index is -4.77. The first-order chi connectivity index (χ1) is 22.7. The van der Waals surface area contributed by atoms with E-state index >= 15 is 0 Å². The summed E-state index contributed by atoms with van der Waals surface area (Å²) in [6, 6.07) is 8.29. The summed E-state index contributed by atoms with van der Waals surface area (Å²) >= 11 is 0. The molecule has 12 nitrogen and oxygen atoms in total. The molecule has 2 N–H and O–H groups in total. The summed E-state index contributed by atoms with van der Waals surface area (Å²) < 4.78 is 41.6. The molecule has 1 atom stereocenters. The molecule has 5 amide bonds. The number of nitrogens with zero attached hydrogens (tertiary/aromatic N) is 5. The van der Waals surface area contributed by atoms with Crippen LogP contribution in [0.3, 0.4) is 0 Å². The van der Waals surface area contributed by atoms with Gasteiger partial charge < -0.3 is 14.8 Å². The molecule has 1 aromatic heterocycles. The number of fused-ring (bicyclic) bond motifs is 1. The molecule has 0 spiro atoms. The number of halogens is 3. The molecule has 0 aliphatic carbocycles. The number of piperidine rings is 1. The predicted octanol–water partition coefficient (Wildman–Crippen LogP) is 3.04. The SMILES string of the molecule is CC(C)(C(=O)Nc1ccc(C#N)c(C(F)(F)F)c1)n1cnc(C#CC2CN(c3ccc4c(c3)C(=O)N(C3CCC(=O)NC3=O)C4=O)C2)c1. The Morgan fingerprint density at radius 1 is 1.04 bits per heavy atom. The third kappa shape index (κ3) is 5.75. The highest BCUT2D eigenvalue weighted by molar-refractivity contribution is 6.23. The average molecular weight is 658 g/mol. The van der Waals surface area contributed by atoms with Gasteiger partial charge in [-0.05, 0) is 62.6 Å². The number of hydrogen-bond donors (Lipinski definition) is 2. The Labute approximate surface area is 271 Å². The van der Waals surface area contributed by atoms with Gasteiger partial charge in [0.2, 0.25) is 17.7 Å². The first-order valence-electron chi connectivity index (χ1n) is 14.8. The largest absolute Gasteiger partial charge is 0.417 e. The minimum Gasteiger partial charge on any atom is -0.369 e. The quantitative estimate of drug-likeness (QED) is 0.313. The Morgan fingerprint density at radius 3 is 2.46 bits per heavy atom. The van der Waals surface area contributed by atoms with Crippen molar-refractivity contribution in [2.75, 3.05) is 23.3 Å². The molecule has 2 fully saturated rings. The van der Waals surface area contributed by atoms with Gasteiger partial charge in [-0.25, -0.2) is 4.98 Å². The lowest BCUT2D eigenvalue weighted by Gasteiger charge is -2.38. The summed E-state index contributed by atoms with van der Waals surface area (Å²) in [6.45, 7) is 4.20. The van der Waals surface area contributed by atoms with E-state index in [0.29, 0.717) is 24.5 Å². The number of nitriles is 1. The van der Waals surface area contributed by atoms with Crippen molar-refractivity contribution in [2.45, 2.75) is 44.4 Å². The molecular formula is C33H26F3N7O5. The number of rotatable bonds is 5. The van der Waals surface area contributed by atoms with E-state index in [1.54, 1.807) is 38.2 Å². The molecule has 6 rings (SSSR count). The van der Waals surface area contributed by atoms with Crippen LogP contribution in [0.25, 0.3) is 0 Å². The molecule has 3 aliphatic heterocycles. The Hall–Kier alpha value is -5.96. The molecule has 244 valence electrons. The molecule has 15 heteroatoms. The number of alkyl halides is 3. The van der Waals surface area contributed by atoms with Crippen molar-refractivity contribution < 1.29 is 37.1 Å². The van der Waals surface area contributed by atoms with Crippen LogP contribution >= 0.6 is 0 Å². The van der Waals surface area contributed by atoms with E-state index in [2.05, 4.69) is 27.5 Å². The third-order valence-corrected chi connectivity index (χ3v) is 8.56. The van der Waals surface area contributed by atoms with Crippen LogP contribution in [0.15, 0.2) is 48.9 Å². The molecule has 1 unspecified atom stereocenters. The molecule has 48 heavy (non-hydrogen) atoms. The lowest BCUT2D eigenvalue weighted by molar-refractivity contribution is -0.138. The number of benzene rings is 2. The first-order valence-corrected chi connectivity index (χ1v) is 14.8. The molecule has 0 bridgehead atoms. The highest BCUT2D eigenvalue weighted by atomic mass is 19.4. The lowest BCUT2D eigenvalue weighted by Crippen LogP contribution is -2.54. The summed E-state index contributed by atoms with van der Waals surface area (Å²) in [5, 5.41) is 13.7. The summed E-state index contributed by atoms with van der Waals surface area (Å²) in [6.07, 6.45) is -1.70. The number of imidazole rings is 1. The number of nitrogens with one attached hydrogen (secondary N) is 2. The van der Waals surface area contributed by atoms with Crippen molar-refractivity contribution in [3.8, 4) is 17.9 Å². The zero-order valence-corrected chi connectivity index (χ0v) is 25.5. The highest BCUT2D eigenvalue weighted by Crippen LogP contribution is 2.35. The third-order valence-electron chi connectivity index (χ3n) is 8.56. The van der Waals surface area contributed by atoms with E-state index in [4.69, 9.17) is 5.26 Å². The van der Waals surface area contributed by atoms with Crippen LogP contribution in [-0.4, -0.2) is 63.1 Å². The molecule has 4 heterocycles. The molecule has 0 radical (unpaired) electrons. The number of carbonyl (C=O) groups excluding carboxylic acids is 5. The van der Waals surface area contributed by atoms with Gasteiger partial charge >= 0.3 is 6.18 Å². The average Bonchev–Trinajstić information content (AvgIpc) is 3.59. The normalized spacial score (nSPS) is 18.0. The van der Waals surface area contributed by atoms with E-state index in [1.807, 2.05) is 4.90 Å². The number of anilines is 2. The van der Waals surface area contributed by atoms with Gasteiger partial charge in [-0.2, -0.15) is 18.4 Å². The second kappa shape index (κ2) is 11.7. The van der Waals surface area contributed by atoms with Crippen LogP contribution in [0.5, 0.6) is 0 Å².